The molecule has 0 saturated carbocycles. The van der Waals surface area contributed by atoms with Crippen LogP contribution in [0.3, 0.4) is 0 Å². The van der Waals surface area contributed by atoms with Crippen molar-refractivity contribution in [3.8, 4) is 46.0 Å². The van der Waals surface area contributed by atoms with Crippen LogP contribution in [0.15, 0.2) is 24.3 Å². The third-order valence-electron chi connectivity index (χ3n) is 7.43. The maximum absolute atomic E-state index is 13.9. The van der Waals surface area contributed by atoms with E-state index in [0.717, 1.165) is 0 Å². The molecule has 49 heavy (non-hydrogen) atoms. The van der Waals surface area contributed by atoms with Crippen molar-refractivity contribution in [1.82, 2.24) is 0 Å². The number of ether oxygens (including phenoxy) is 8. The molecule has 0 aliphatic heterocycles. The molecule has 0 N–H and O–H groups in total. The Bertz CT molecular complexity index is 1330. The van der Waals surface area contributed by atoms with Crippen LogP contribution in [0.25, 0.3) is 0 Å². The molecule has 0 aliphatic carbocycles. The van der Waals surface area contributed by atoms with Gasteiger partial charge in [-0.05, 0) is 80.4 Å². The Kier molecular flexibility index (Phi) is 15.4. The molecule has 0 aliphatic rings. The second-order valence-electron chi connectivity index (χ2n) is 11.4. The Balaban J connectivity index is 3.55. The summed E-state index contributed by atoms with van der Waals surface area (Å²) in [6.07, 6.45) is 0. The number of Topliss-reactive ketones (excluding diaryl/α,β-unsaturated/α-hetero) is 2. The molecule has 0 heterocycles. The van der Waals surface area contributed by atoms with Gasteiger partial charge in [-0.3, -0.25) is 9.59 Å². The van der Waals surface area contributed by atoms with Gasteiger partial charge in [0, 0.05) is 5.41 Å². The Morgan fingerprint density at radius 1 is 0.429 bits per heavy atom. The SMILES string of the molecule is C=C(C)C(=O)c1c(OCC)c(OCC)c(C(C)(C)c2c(OCC)c(OCC)c(C(=O)C(=C)C)c(OCC)c2OCC)c(OCC)c1OCC. The molecule has 0 radical (unpaired) electrons. The highest BCUT2D eigenvalue weighted by atomic mass is 16.5. The monoisotopic (exact) mass is 684 g/mol. The van der Waals surface area contributed by atoms with Crippen molar-refractivity contribution in [2.45, 2.75) is 88.5 Å². The summed E-state index contributed by atoms with van der Waals surface area (Å²) < 4.78 is 50.7. The fourth-order valence-corrected chi connectivity index (χ4v) is 5.68. The van der Waals surface area contributed by atoms with Gasteiger partial charge in [0.15, 0.2) is 57.6 Å². The first-order chi connectivity index (χ1) is 23.3. The Hall–Kier alpha value is -4.34. The van der Waals surface area contributed by atoms with Gasteiger partial charge in [-0.15, -0.1) is 0 Å². The van der Waals surface area contributed by atoms with Crippen LogP contribution in [0, 0.1) is 0 Å². The molecular weight excluding hydrogens is 628 g/mol. The van der Waals surface area contributed by atoms with Gasteiger partial charge in [-0.2, -0.15) is 0 Å². The number of benzene rings is 2. The summed E-state index contributed by atoms with van der Waals surface area (Å²) in [6, 6.07) is 0. The van der Waals surface area contributed by atoms with Crippen molar-refractivity contribution in [2.24, 2.45) is 0 Å². The molecule has 0 bridgehead atoms. The first-order valence-corrected chi connectivity index (χ1v) is 17.2. The number of allylic oxidation sites excluding steroid dienone is 2. The molecule has 2 aromatic rings. The molecule has 10 heteroatoms. The fourth-order valence-electron chi connectivity index (χ4n) is 5.68. The van der Waals surface area contributed by atoms with E-state index in [1.807, 2.05) is 69.2 Å². The summed E-state index contributed by atoms with van der Waals surface area (Å²) in [4.78, 5) is 27.7. The van der Waals surface area contributed by atoms with E-state index in [1.165, 1.54) is 0 Å². The minimum atomic E-state index is -1.14. The smallest absolute Gasteiger partial charge is 0.195 e. The van der Waals surface area contributed by atoms with E-state index in [0.29, 0.717) is 11.1 Å². The fraction of sp³-hybridized carbons (Fsp3) is 0.538. The predicted octanol–water partition coefficient (Wildman–Crippen LogP) is 8.72. The summed E-state index contributed by atoms with van der Waals surface area (Å²) >= 11 is 0. The molecule has 0 saturated heterocycles. The molecule has 2 aromatic carbocycles. The van der Waals surface area contributed by atoms with E-state index < -0.39 is 5.41 Å². The predicted molar refractivity (Wildman–Crippen MR) is 193 cm³/mol. The topological polar surface area (TPSA) is 108 Å². The molecule has 0 spiro atoms. The van der Waals surface area contributed by atoms with Gasteiger partial charge in [0.25, 0.3) is 0 Å². The Morgan fingerprint density at radius 3 is 0.776 bits per heavy atom. The number of ketones is 2. The van der Waals surface area contributed by atoms with Gasteiger partial charge in [-0.1, -0.05) is 27.0 Å². The summed E-state index contributed by atoms with van der Waals surface area (Å²) in [7, 11) is 0. The third kappa shape index (κ3) is 8.28. The zero-order chi connectivity index (χ0) is 37.1. The van der Waals surface area contributed by atoms with Crippen molar-refractivity contribution >= 4 is 11.6 Å². The lowest BCUT2D eigenvalue weighted by Gasteiger charge is -2.36. The maximum Gasteiger partial charge on any atom is 0.195 e. The van der Waals surface area contributed by atoms with E-state index in [2.05, 4.69) is 13.2 Å². The van der Waals surface area contributed by atoms with Crippen LogP contribution in [0.5, 0.6) is 46.0 Å². The summed E-state index contributed by atoms with van der Waals surface area (Å²) in [5.41, 5.74) is 0.761. The molecule has 2 rings (SSSR count). The normalized spacial score (nSPS) is 11.0. The molecule has 0 fully saturated rings. The second kappa shape index (κ2) is 18.4. The van der Waals surface area contributed by atoms with Gasteiger partial charge in [0.2, 0.25) is 0 Å². The first-order valence-electron chi connectivity index (χ1n) is 17.2. The van der Waals surface area contributed by atoms with Gasteiger partial charge in [-0.25, -0.2) is 0 Å². The average Bonchev–Trinajstić information content (AvgIpc) is 3.04. The summed E-state index contributed by atoms with van der Waals surface area (Å²) in [5, 5.41) is 0. The zero-order valence-electron chi connectivity index (χ0n) is 31.7. The zero-order valence-corrected chi connectivity index (χ0v) is 31.7. The Morgan fingerprint density at radius 2 is 0.612 bits per heavy atom. The van der Waals surface area contributed by atoms with Gasteiger partial charge in [0.05, 0.1) is 64.0 Å². The van der Waals surface area contributed by atoms with Crippen molar-refractivity contribution < 1.29 is 47.5 Å². The van der Waals surface area contributed by atoms with Crippen molar-refractivity contribution in [3.63, 3.8) is 0 Å². The lowest BCUT2D eigenvalue weighted by Crippen LogP contribution is -2.27. The second-order valence-corrected chi connectivity index (χ2v) is 11.4. The van der Waals surface area contributed by atoms with Crippen LogP contribution >= 0.6 is 0 Å². The van der Waals surface area contributed by atoms with E-state index in [4.69, 9.17) is 37.9 Å². The van der Waals surface area contributed by atoms with Gasteiger partial charge >= 0.3 is 0 Å². The largest absolute Gasteiger partial charge is 0.489 e. The number of hydrogen-bond donors (Lipinski definition) is 0. The van der Waals surface area contributed by atoms with E-state index in [9.17, 15) is 9.59 Å². The summed E-state index contributed by atoms with van der Waals surface area (Å²) in [5.74, 6) is 1.20. The molecule has 272 valence electrons. The maximum atomic E-state index is 13.9. The quantitative estimate of drug-likeness (QED) is 0.0883. The summed E-state index contributed by atoms with van der Waals surface area (Å²) in [6.45, 7) is 31.6. The van der Waals surface area contributed by atoms with Crippen LogP contribution in [0.4, 0.5) is 0 Å². The molecule has 10 nitrogen and oxygen atoms in total. The molecular formula is C39H56O10. The molecule has 0 aromatic heterocycles. The van der Waals surface area contributed by atoms with Crippen LogP contribution < -0.4 is 37.9 Å². The lowest BCUT2D eigenvalue weighted by atomic mass is 9.74. The standard InChI is InChI=1S/C39H56O10/c1-15-42-31-25(29(40)23(9)10)32(43-16-2)36(47-20-6)27(35(31)46-19-5)39(13,14)28-37(48-21-7)33(44-17-3)26(30(41)24(11)12)34(45-18-4)38(28)49-22-8/h9,11,15-22H2,1-8,10,12-14H3. The van der Waals surface area contributed by atoms with Crippen molar-refractivity contribution in [3.05, 3.63) is 46.6 Å². The molecule has 0 atom stereocenters. The highest BCUT2D eigenvalue weighted by molar-refractivity contribution is 6.14. The van der Waals surface area contributed by atoms with Gasteiger partial charge < -0.3 is 37.9 Å². The highest BCUT2D eigenvalue weighted by Gasteiger charge is 2.45. The number of carbonyl (C=O) groups is 2. The molecule has 0 unspecified atom stereocenters. The van der Waals surface area contributed by atoms with Crippen LogP contribution in [-0.2, 0) is 5.41 Å². The minimum Gasteiger partial charge on any atom is -0.489 e. The average molecular weight is 685 g/mol. The third-order valence-corrected chi connectivity index (χ3v) is 7.43. The molecule has 0 amide bonds. The number of hydrogen-bond acceptors (Lipinski definition) is 10. The lowest BCUT2D eigenvalue weighted by molar-refractivity contribution is 0.101. The number of carbonyl (C=O) groups excluding carboxylic acids is 2. The highest BCUT2D eigenvalue weighted by Crippen LogP contribution is 2.61. The number of rotatable bonds is 22. The van der Waals surface area contributed by atoms with E-state index in [1.54, 1.807) is 13.8 Å². The van der Waals surface area contributed by atoms with Crippen LogP contribution in [-0.4, -0.2) is 64.4 Å². The van der Waals surface area contributed by atoms with Crippen molar-refractivity contribution in [2.75, 3.05) is 52.9 Å². The van der Waals surface area contributed by atoms with Crippen LogP contribution in [0.1, 0.15) is 115 Å². The van der Waals surface area contributed by atoms with Gasteiger partial charge in [0.1, 0.15) is 11.1 Å². The first kappa shape index (κ1) is 40.8. The van der Waals surface area contributed by atoms with Crippen molar-refractivity contribution in [1.29, 1.82) is 0 Å². The Labute approximate surface area is 292 Å². The van der Waals surface area contributed by atoms with E-state index in [-0.39, 0.29) is 133 Å². The minimum absolute atomic E-state index is 0.158. The van der Waals surface area contributed by atoms with Crippen LogP contribution in [0.2, 0.25) is 0 Å². The van der Waals surface area contributed by atoms with E-state index >= 15 is 0 Å².